The number of fused-ring (bicyclic) bond motifs is 12. The zero-order valence-corrected chi connectivity index (χ0v) is 38.1. The highest BCUT2D eigenvalue weighted by Gasteiger charge is 2.47. The van der Waals surface area contributed by atoms with E-state index in [1.807, 2.05) is 0 Å². The minimum Gasteiger partial charge on any atom is -0.487 e. The molecule has 0 amide bonds. The van der Waals surface area contributed by atoms with Gasteiger partial charge in [-0.15, -0.1) is 22.7 Å². The van der Waals surface area contributed by atoms with Gasteiger partial charge in [0.15, 0.2) is 17.5 Å². The molecule has 3 aliphatic rings. The smallest absolute Gasteiger partial charge is 0.164 e. The number of hydrogen-bond acceptors (Lipinski definition) is 7. The van der Waals surface area contributed by atoms with E-state index in [1.165, 1.54) is 72.8 Å². The molecule has 0 saturated heterocycles. The van der Waals surface area contributed by atoms with Gasteiger partial charge in [-0.2, -0.15) is 0 Å². The van der Waals surface area contributed by atoms with Crippen molar-refractivity contribution in [2.75, 3.05) is 11.5 Å². The molecular weight excluding hydrogens is 857 g/mol. The predicted molar refractivity (Wildman–Crippen MR) is 280 cm³/mol. The van der Waals surface area contributed by atoms with Crippen LogP contribution in [0.4, 0.5) is 5.69 Å². The van der Waals surface area contributed by atoms with E-state index in [9.17, 15) is 0 Å². The highest BCUT2D eigenvalue weighted by atomic mass is 32.1. The van der Waals surface area contributed by atoms with Gasteiger partial charge in [0.05, 0.1) is 11.7 Å². The maximum absolute atomic E-state index is 6.93. The summed E-state index contributed by atoms with van der Waals surface area (Å²) >= 11 is 3.61. The minimum absolute atomic E-state index is 0.00846. The lowest BCUT2D eigenvalue weighted by molar-refractivity contribution is 0.343. The molecule has 5 heterocycles. The first-order chi connectivity index (χ1) is 33.0. The average Bonchev–Trinajstić information content (AvgIpc) is 4.04. The zero-order chi connectivity index (χ0) is 44.2. The third-order valence-corrected chi connectivity index (χ3v) is 16.4. The Bertz CT molecular complexity index is 3960. The number of ether oxygens (including phenoxy) is 1. The molecule has 3 aromatic heterocycles. The molecule has 8 aromatic carbocycles. The fourth-order valence-electron chi connectivity index (χ4n) is 10.9. The predicted octanol–water partition coefficient (Wildman–Crippen LogP) is 13.4. The Morgan fingerprint density at radius 2 is 1.15 bits per heavy atom. The van der Waals surface area contributed by atoms with Gasteiger partial charge in [0.2, 0.25) is 0 Å². The van der Waals surface area contributed by atoms with Gasteiger partial charge in [-0.3, -0.25) is 0 Å². The van der Waals surface area contributed by atoms with E-state index in [2.05, 4.69) is 206 Å². The van der Waals surface area contributed by atoms with Crippen molar-refractivity contribution >= 4 is 97.2 Å². The summed E-state index contributed by atoms with van der Waals surface area (Å²) in [5.74, 6) is 2.80. The summed E-state index contributed by atoms with van der Waals surface area (Å²) in [6, 6.07) is 61.0. The van der Waals surface area contributed by atoms with Gasteiger partial charge in [0.25, 0.3) is 0 Å². The maximum atomic E-state index is 6.93. The number of rotatable bonds is 4. The lowest BCUT2D eigenvalue weighted by Crippen LogP contribution is -2.48. The van der Waals surface area contributed by atoms with Crippen molar-refractivity contribution in [2.24, 2.45) is 0 Å². The van der Waals surface area contributed by atoms with E-state index in [1.54, 1.807) is 22.7 Å². The average molecular weight is 897 g/mol. The van der Waals surface area contributed by atoms with Gasteiger partial charge in [0, 0.05) is 74.6 Å². The summed E-state index contributed by atoms with van der Waals surface area (Å²) in [6.45, 7) is 2.77. The van der Waals surface area contributed by atoms with E-state index in [0.717, 1.165) is 33.7 Å². The minimum atomic E-state index is -0.296. The Morgan fingerprint density at radius 3 is 1.87 bits per heavy atom. The number of hydrogen-bond donors (Lipinski definition) is 0. The number of nitrogens with zero attached hydrogens (tertiary/aromatic N) is 4. The van der Waals surface area contributed by atoms with Crippen molar-refractivity contribution < 1.29 is 4.74 Å². The van der Waals surface area contributed by atoms with Crippen molar-refractivity contribution in [1.82, 2.24) is 15.0 Å². The highest BCUT2D eigenvalue weighted by molar-refractivity contribution is 7.26. The Labute approximate surface area is 394 Å². The number of thiophene rings is 2. The summed E-state index contributed by atoms with van der Waals surface area (Å²) in [6.07, 6.45) is 10.0. The van der Waals surface area contributed by atoms with Crippen LogP contribution in [0.3, 0.4) is 0 Å². The monoisotopic (exact) mass is 896 g/mol. The number of allylic oxidation sites excluding steroid dienone is 3. The third-order valence-electron chi connectivity index (χ3n) is 14.1. The van der Waals surface area contributed by atoms with Crippen LogP contribution in [-0.4, -0.2) is 27.6 Å². The van der Waals surface area contributed by atoms with E-state index < -0.39 is 0 Å². The number of aromatic nitrogens is 3. The lowest BCUT2D eigenvalue weighted by atomic mass is 9.74. The van der Waals surface area contributed by atoms with Crippen LogP contribution >= 0.6 is 22.7 Å². The topological polar surface area (TPSA) is 51.1 Å². The van der Waals surface area contributed by atoms with Gasteiger partial charge in [-0.1, -0.05) is 146 Å². The molecule has 0 radical (unpaired) electrons. The van der Waals surface area contributed by atoms with Gasteiger partial charge in [-0.05, 0) is 87.8 Å². The van der Waals surface area contributed by atoms with Crippen LogP contribution in [0.2, 0.25) is 0 Å². The molecule has 14 rings (SSSR count). The first kappa shape index (κ1) is 38.5. The van der Waals surface area contributed by atoms with Crippen molar-refractivity contribution in [2.45, 2.75) is 24.8 Å². The van der Waals surface area contributed by atoms with Crippen LogP contribution in [-0.2, 0) is 11.8 Å². The Balaban J connectivity index is 1.02. The maximum Gasteiger partial charge on any atom is 0.164 e. The normalized spacial score (nSPS) is 19.2. The van der Waals surface area contributed by atoms with Gasteiger partial charge >= 0.3 is 0 Å². The van der Waals surface area contributed by atoms with E-state index in [-0.39, 0.29) is 11.5 Å². The summed E-state index contributed by atoms with van der Waals surface area (Å²) in [5.41, 5.74) is 7.32. The first-order valence-electron chi connectivity index (χ1n) is 22.8. The Hall–Kier alpha value is -7.71. The molecule has 2 atom stereocenters. The summed E-state index contributed by atoms with van der Waals surface area (Å²) in [4.78, 5) is 19.0. The van der Waals surface area contributed by atoms with Crippen molar-refractivity contribution in [3.05, 3.63) is 215 Å². The van der Waals surface area contributed by atoms with Gasteiger partial charge in [-0.25, -0.2) is 15.0 Å². The number of benzene rings is 8. The quantitative estimate of drug-likeness (QED) is 0.176. The first-order valence-corrected chi connectivity index (χ1v) is 24.5. The molecule has 11 aromatic rings. The van der Waals surface area contributed by atoms with E-state index in [0.29, 0.717) is 30.5 Å². The second-order valence-corrected chi connectivity index (χ2v) is 20.2. The molecule has 0 bridgehead atoms. The molecule has 67 heavy (non-hydrogen) atoms. The van der Waals surface area contributed by atoms with Crippen molar-refractivity contribution in [1.29, 1.82) is 0 Å². The molecule has 318 valence electrons. The molecule has 0 fully saturated rings. The van der Waals surface area contributed by atoms with Crippen molar-refractivity contribution in [3.63, 3.8) is 0 Å². The van der Waals surface area contributed by atoms with Crippen LogP contribution in [0.1, 0.15) is 23.9 Å². The Kier molecular flexibility index (Phi) is 8.58. The fourth-order valence-corrected chi connectivity index (χ4v) is 13.2. The largest absolute Gasteiger partial charge is 0.487 e. The number of anilines is 1. The fraction of sp³-hybridized carbons (Fsp3) is 0.0833. The van der Waals surface area contributed by atoms with Gasteiger partial charge in [0.1, 0.15) is 12.4 Å². The Morgan fingerprint density at radius 1 is 0.567 bits per heavy atom. The SMILES string of the molecule is CC12C=c3ccccc3=CC1N(/C1=C/C=C(/c3nc(-c4cccc5sc6ccccc6c45)nc(-c4cccc5sc6ccccc6c45)n3)Cc3ccccc3OC1)c1cc3ccccc3cc12. The summed E-state index contributed by atoms with van der Waals surface area (Å²) in [7, 11) is 0. The second-order valence-electron chi connectivity index (χ2n) is 18.0. The molecule has 0 N–H and O–H groups in total. The standard InChI is InChI=1S/C60H40N4OS2/c1-60-34-41-18-5-4-16-38(41)33-54(60)64(48-32-37-15-3-2-14-36(37)31-47(48)60)42-29-28-40(30-39-17-6-9-23-49(39)65-35-42)57-61-58(45-21-12-26-52-55(45)43-19-7-10-24-50(43)66-52)63-59(62-57)46-22-13-27-53-56(46)44-20-8-11-25-51(44)67-53/h2-29,31-34,54H,30,35H2,1H3/b40-28+,42-29+. The van der Waals surface area contributed by atoms with Crippen LogP contribution in [0, 0.1) is 0 Å². The molecule has 2 unspecified atom stereocenters. The molecule has 1 aliphatic carbocycles. The highest BCUT2D eigenvalue weighted by Crippen LogP contribution is 2.51. The van der Waals surface area contributed by atoms with Crippen LogP contribution in [0.15, 0.2) is 188 Å². The third kappa shape index (κ3) is 6.08. The van der Waals surface area contributed by atoms with E-state index in [4.69, 9.17) is 19.7 Å². The lowest BCUT2D eigenvalue weighted by Gasteiger charge is -2.36. The molecule has 7 heteroatoms. The molecule has 2 aliphatic heterocycles. The van der Waals surface area contributed by atoms with E-state index >= 15 is 0 Å². The molecular formula is C60H40N4OS2. The molecule has 0 saturated carbocycles. The molecule has 0 spiro atoms. The zero-order valence-electron chi connectivity index (χ0n) is 36.5. The van der Waals surface area contributed by atoms with Crippen LogP contribution < -0.4 is 20.1 Å². The summed E-state index contributed by atoms with van der Waals surface area (Å²) < 4.78 is 11.8. The van der Waals surface area contributed by atoms with Crippen molar-refractivity contribution in [3.8, 4) is 28.5 Å². The summed E-state index contributed by atoms with van der Waals surface area (Å²) in [5, 5.41) is 9.70. The number of para-hydroxylation sites is 1. The van der Waals surface area contributed by atoms with Gasteiger partial charge < -0.3 is 9.64 Å². The second kappa shape index (κ2) is 14.9. The van der Waals surface area contributed by atoms with Crippen LogP contribution in [0.5, 0.6) is 5.75 Å². The van der Waals surface area contributed by atoms with Crippen LogP contribution in [0.25, 0.3) is 91.6 Å². The molecule has 5 nitrogen and oxygen atoms in total.